The fraction of sp³-hybridized carbons (Fsp3) is 0.500. The summed E-state index contributed by atoms with van der Waals surface area (Å²) in [4.78, 5) is 39.1. The number of benzene rings is 1. The van der Waals surface area contributed by atoms with Crippen molar-refractivity contribution in [1.82, 2.24) is 14.9 Å². The van der Waals surface area contributed by atoms with Gasteiger partial charge in [0.1, 0.15) is 17.3 Å². The minimum Gasteiger partial charge on any atom is -0.366 e. The third-order valence-electron chi connectivity index (χ3n) is 6.13. The lowest BCUT2D eigenvalue weighted by Crippen LogP contribution is -2.52. The van der Waals surface area contributed by atoms with Crippen molar-refractivity contribution in [2.45, 2.75) is 26.7 Å². The maximum absolute atomic E-state index is 13.1. The van der Waals surface area contributed by atoms with Gasteiger partial charge in [0.15, 0.2) is 0 Å². The average Bonchev–Trinajstić information content (AvgIpc) is 2.78. The monoisotopic (exact) mass is 424 g/mol. The maximum Gasteiger partial charge on any atom is 0.292 e. The van der Waals surface area contributed by atoms with Gasteiger partial charge < -0.3 is 14.7 Å². The molecule has 1 amide bonds. The fourth-order valence-corrected chi connectivity index (χ4v) is 4.53. The molecule has 0 bridgehead atoms. The van der Waals surface area contributed by atoms with E-state index < -0.39 is 0 Å². The van der Waals surface area contributed by atoms with E-state index in [0.29, 0.717) is 31.9 Å². The van der Waals surface area contributed by atoms with Crippen LogP contribution in [0.15, 0.2) is 30.3 Å². The first-order valence-corrected chi connectivity index (χ1v) is 10.8. The van der Waals surface area contributed by atoms with Crippen LogP contribution in [0.25, 0.3) is 0 Å². The molecule has 4 rings (SSSR count). The minimum atomic E-state index is -0.341. The predicted molar refractivity (Wildman–Crippen MR) is 118 cm³/mol. The average molecular weight is 425 g/mol. The van der Waals surface area contributed by atoms with Gasteiger partial charge in [-0.15, -0.1) is 0 Å². The summed E-state index contributed by atoms with van der Waals surface area (Å²) in [6.07, 6.45) is 1.44. The SMILES string of the molecule is Cc1cc(N2CCN(C(=O)C3CCN(c4ccccc4[N+](=O)[O-])CC3)CC2)nc(C)n1. The molecule has 0 N–H and O–H groups in total. The first kappa shape index (κ1) is 21.0. The Morgan fingerprint density at radius 1 is 1.00 bits per heavy atom. The Labute approximate surface area is 181 Å². The molecule has 0 spiro atoms. The number of hydrogen-bond donors (Lipinski definition) is 0. The molecule has 0 saturated carbocycles. The normalized spacial score (nSPS) is 17.7. The van der Waals surface area contributed by atoms with E-state index >= 15 is 0 Å². The lowest BCUT2D eigenvalue weighted by Gasteiger charge is -2.39. The molecule has 2 aliphatic heterocycles. The van der Waals surface area contributed by atoms with Crippen LogP contribution < -0.4 is 9.80 Å². The molecule has 2 fully saturated rings. The third kappa shape index (κ3) is 4.60. The molecular weight excluding hydrogens is 396 g/mol. The standard InChI is InChI=1S/C22H28N6O3/c1-16-15-21(24-17(2)23-16)26-11-13-27(14-12-26)22(29)18-7-9-25(10-8-18)19-5-3-4-6-20(19)28(30)31/h3-6,15,18H,7-14H2,1-2H3. The minimum absolute atomic E-state index is 0.0193. The van der Waals surface area contributed by atoms with Crippen LogP contribution in [0.5, 0.6) is 0 Å². The number of piperidine rings is 1. The number of anilines is 2. The smallest absolute Gasteiger partial charge is 0.292 e. The van der Waals surface area contributed by atoms with Crippen LogP contribution in [0.2, 0.25) is 0 Å². The number of nitro groups is 1. The molecule has 2 saturated heterocycles. The molecule has 0 unspecified atom stereocenters. The van der Waals surface area contributed by atoms with Crippen LogP contribution in [0.4, 0.5) is 17.2 Å². The number of amides is 1. The summed E-state index contributed by atoms with van der Waals surface area (Å²) < 4.78 is 0. The Morgan fingerprint density at radius 2 is 1.68 bits per heavy atom. The highest BCUT2D eigenvalue weighted by molar-refractivity contribution is 5.79. The lowest BCUT2D eigenvalue weighted by molar-refractivity contribution is -0.384. The summed E-state index contributed by atoms with van der Waals surface area (Å²) in [6.45, 7) is 8.06. The number of hydrogen-bond acceptors (Lipinski definition) is 7. The zero-order valence-corrected chi connectivity index (χ0v) is 18.0. The van der Waals surface area contributed by atoms with E-state index in [1.807, 2.05) is 35.8 Å². The second-order valence-corrected chi connectivity index (χ2v) is 8.23. The van der Waals surface area contributed by atoms with Gasteiger partial charge in [-0.1, -0.05) is 12.1 Å². The third-order valence-corrected chi connectivity index (χ3v) is 6.13. The van der Waals surface area contributed by atoms with Gasteiger partial charge in [0.05, 0.1) is 4.92 Å². The van der Waals surface area contributed by atoms with Gasteiger partial charge in [-0.25, -0.2) is 9.97 Å². The summed E-state index contributed by atoms with van der Waals surface area (Å²) in [6, 6.07) is 8.81. The van der Waals surface area contributed by atoms with Crippen molar-refractivity contribution in [3.63, 3.8) is 0 Å². The summed E-state index contributed by atoms with van der Waals surface area (Å²) in [5, 5.41) is 11.3. The number of carbonyl (C=O) groups is 1. The van der Waals surface area contributed by atoms with Gasteiger partial charge in [0.25, 0.3) is 5.69 Å². The topological polar surface area (TPSA) is 95.7 Å². The Hall–Kier alpha value is -3.23. The van der Waals surface area contributed by atoms with Crippen molar-refractivity contribution in [3.05, 3.63) is 52.0 Å². The predicted octanol–water partition coefficient (Wildman–Crippen LogP) is 2.57. The Kier molecular flexibility index (Phi) is 6.01. The Morgan fingerprint density at radius 3 is 2.32 bits per heavy atom. The molecular formula is C22H28N6O3. The number of para-hydroxylation sites is 2. The lowest BCUT2D eigenvalue weighted by atomic mass is 9.94. The van der Waals surface area contributed by atoms with Crippen LogP contribution in [-0.4, -0.2) is 65.0 Å². The maximum atomic E-state index is 13.1. The number of rotatable bonds is 4. The van der Waals surface area contributed by atoms with Gasteiger partial charge in [0, 0.05) is 63.0 Å². The number of aryl methyl sites for hydroxylation is 2. The van der Waals surface area contributed by atoms with Crippen LogP contribution >= 0.6 is 0 Å². The summed E-state index contributed by atoms with van der Waals surface area (Å²) in [5.41, 5.74) is 1.72. The Bertz CT molecular complexity index is 945. The first-order valence-electron chi connectivity index (χ1n) is 10.8. The van der Waals surface area contributed by atoms with Gasteiger partial charge in [-0.2, -0.15) is 0 Å². The molecule has 164 valence electrons. The van der Waals surface area contributed by atoms with E-state index in [0.717, 1.165) is 43.3 Å². The highest BCUT2D eigenvalue weighted by Crippen LogP contribution is 2.31. The van der Waals surface area contributed by atoms with E-state index in [1.165, 1.54) is 6.07 Å². The molecule has 1 aromatic heterocycles. The van der Waals surface area contributed by atoms with E-state index in [2.05, 4.69) is 14.9 Å². The van der Waals surface area contributed by atoms with Crippen LogP contribution in [0.1, 0.15) is 24.4 Å². The number of aromatic nitrogens is 2. The molecule has 1 aromatic carbocycles. The molecule has 0 radical (unpaired) electrons. The largest absolute Gasteiger partial charge is 0.366 e. The van der Waals surface area contributed by atoms with Crippen molar-refractivity contribution < 1.29 is 9.72 Å². The van der Waals surface area contributed by atoms with Gasteiger partial charge >= 0.3 is 0 Å². The molecule has 0 atom stereocenters. The van der Waals surface area contributed by atoms with Crippen molar-refractivity contribution in [2.24, 2.45) is 5.92 Å². The van der Waals surface area contributed by atoms with Crippen molar-refractivity contribution in [2.75, 3.05) is 49.1 Å². The highest BCUT2D eigenvalue weighted by atomic mass is 16.6. The number of nitrogens with zero attached hydrogens (tertiary/aromatic N) is 6. The van der Waals surface area contributed by atoms with Crippen molar-refractivity contribution >= 4 is 23.1 Å². The summed E-state index contributed by atoms with van der Waals surface area (Å²) in [7, 11) is 0. The van der Waals surface area contributed by atoms with Gasteiger partial charge in [-0.3, -0.25) is 14.9 Å². The fourth-order valence-electron chi connectivity index (χ4n) is 4.53. The number of piperazine rings is 1. The molecule has 2 aliphatic rings. The number of nitro benzene ring substituents is 1. The zero-order chi connectivity index (χ0) is 22.0. The highest BCUT2D eigenvalue weighted by Gasteiger charge is 2.32. The molecule has 3 heterocycles. The van der Waals surface area contributed by atoms with Crippen LogP contribution in [0, 0.1) is 29.9 Å². The molecule has 9 nitrogen and oxygen atoms in total. The van der Waals surface area contributed by atoms with Crippen molar-refractivity contribution in [3.8, 4) is 0 Å². The Balaban J connectivity index is 1.32. The van der Waals surface area contributed by atoms with Crippen LogP contribution in [0.3, 0.4) is 0 Å². The second-order valence-electron chi connectivity index (χ2n) is 8.23. The van der Waals surface area contributed by atoms with E-state index in [1.54, 1.807) is 12.1 Å². The molecule has 0 aliphatic carbocycles. The summed E-state index contributed by atoms with van der Waals surface area (Å²) >= 11 is 0. The first-order chi connectivity index (χ1) is 14.9. The van der Waals surface area contributed by atoms with Gasteiger partial charge in [0.2, 0.25) is 5.91 Å². The summed E-state index contributed by atoms with van der Waals surface area (Å²) in [5.74, 6) is 1.87. The van der Waals surface area contributed by atoms with Crippen LogP contribution in [-0.2, 0) is 4.79 Å². The van der Waals surface area contributed by atoms with E-state index in [-0.39, 0.29) is 22.4 Å². The quantitative estimate of drug-likeness (QED) is 0.550. The van der Waals surface area contributed by atoms with Crippen molar-refractivity contribution in [1.29, 1.82) is 0 Å². The van der Waals surface area contributed by atoms with Gasteiger partial charge in [-0.05, 0) is 32.8 Å². The number of carbonyl (C=O) groups excluding carboxylic acids is 1. The molecule has 9 heteroatoms. The molecule has 2 aromatic rings. The zero-order valence-electron chi connectivity index (χ0n) is 18.0. The van der Waals surface area contributed by atoms with E-state index in [9.17, 15) is 14.9 Å². The van der Waals surface area contributed by atoms with E-state index in [4.69, 9.17) is 0 Å². The second kappa shape index (κ2) is 8.87. The molecule has 31 heavy (non-hydrogen) atoms.